The zero-order valence-electron chi connectivity index (χ0n) is 13.4. The van der Waals surface area contributed by atoms with Crippen LogP contribution in [0, 0.1) is 5.82 Å². The molecule has 3 aromatic rings. The second-order valence-corrected chi connectivity index (χ2v) is 6.62. The van der Waals surface area contributed by atoms with Gasteiger partial charge in [0.15, 0.2) is 0 Å². The van der Waals surface area contributed by atoms with Gasteiger partial charge in [-0.25, -0.2) is 14.4 Å². The number of H-pyrrole nitrogens is 1. The predicted molar refractivity (Wildman–Crippen MR) is 93.2 cm³/mol. The number of aromatic amines is 1. The largest absolute Gasteiger partial charge is 0.346 e. The number of piperidine rings is 1. The van der Waals surface area contributed by atoms with Crippen LogP contribution in [0.5, 0.6) is 0 Å². The Morgan fingerprint density at radius 2 is 2.00 bits per heavy atom. The number of amides is 1. The molecule has 1 N–H and O–H groups in total. The van der Waals surface area contributed by atoms with Crippen molar-refractivity contribution in [2.45, 2.75) is 18.8 Å². The van der Waals surface area contributed by atoms with Gasteiger partial charge in [0, 0.05) is 36.4 Å². The van der Waals surface area contributed by atoms with Crippen LogP contribution in [-0.2, 0) is 0 Å². The molecule has 0 bridgehead atoms. The molecule has 128 valence electrons. The summed E-state index contributed by atoms with van der Waals surface area (Å²) in [6, 6.07) is 5.14. The zero-order valence-corrected chi connectivity index (χ0v) is 14.1. The molecule has 1 fully saturated rings. The van der Waals surface area contributed by atoms with Crippen molar-refractivity contribution in [2.75, 3.05) is 13.1 Å². The third-order valence-electron chi connectivity index (χ3n) is 4.72. The molecule has 0 aromatic carbocycles. The van der Waals surface area contributed by atoms with E-state index in [1.807, 2.05) is 6.07 Å². The highest BCUT2D eigenvalue weighted by molar-refractivity contribution is 6.30. The van der Waals surface area contributed by atoms with Crippen molar-refractivity contribution in [3.63, 3.8) is 0 Å². The van der Waals surface area contributed by atoms with Gasteiger partial charge in [0.25, 0.3) is 5.91 Å². The summed E-state index contributed by atoms with van der Waals surface area (Å²) in [6.45, 7) is 1.14. The number of carbonyl (C=O) groups is 1. The first-order chi connectivity index (χ1) is 12.1. The molecular weight excluding hydrogens is 343 g/mol. The van der Waals surface area contributed by atoms with Gasteiger partial charge in [-0.05, 0) is 37.0 Å². The molecule has 3 aromatic heterocycles. The molecule has 1 aliphatic heterocycles. The topological polar surface area (TPSA) is 61.9 Å². The fraction of sp³-hybridized carbons (Fsp3) is 0.278. The number of rotatable bonds is 2. The molecule has 1 aliphatic rings. The molecule has 0 aliphatic carbocycles. The van der Waals surface area contributed by atoms with Gasteiger partial charge >= 0.3 is 0 Å². The maximum Gasteiger partial charge on any atom is 0.272 e. The average molecular weight is 359 g/mol. The number of halogens is 2. The Kier molecular flexibility index (Phi) is 4.13. The van der Waals surface area contributed by atoms with E-state index in [1.165, 1.54) is 12.4 Å². The Bertz CT molecular complexity index is 916. The Hall–Kier alpha value is -2.47. The SMILES string of the molecule is O=C(c1ccc(Cl)cn1)N1CCC(c2c(F)cnc3[nH]ccc23)CC1. The number of pyridine rings is 2. The van der Waals surface area contributed by atoms with Crippen molar-refractivity contribution in [1.82, 2.24) is 19.9 Å². The number of likely N-dealkylation sites (tertiary alicyclic amines) is 1. The number of nitrogens with zero attached hydrogens (tertiary/aromatic N) is 3. The molecule has 25 heavy (non-hydrogen) atoms. The second-order valence-electron chi connectivity index (χ2n) is 6.19. The number of nitrogens with one attached hydrogen (secondary N) is 1. The second kappa shape index (κ2) is 6.44. The van der Waals surface area contributed by atoms with E-state index in [-0.39, 0.29) is 17.6 Å². The van der Waals surface area contributed by atoms with Crippen molar-refractivity contribution in [1.29, 1.82) is 0 Å². The minimum Gasteiger partial charge on any atom is -0.346 e. The average Bonchev–Trinajstić information content (AvgIpc) is 3.10. The highest BCUT2D eigenvalue weighted by atomic mass is 35.5. The monoisotopic (exact) mass is 358 g/mol. The number of aromatic nitrogens is 3. The van der Waals surface area contributed by atoms with E-state index in [2.05, 4.69) is 15.0 Å². The van der Waals surface area contributed by atoms with E-state index in [0.717, 1.165) is 5.39 Å². The lowest BCUT2D eigenvalue weighted by molar-refractivity contribution is 0.0707. The van der Waals surface area contributed by atoms with Gasteiger partial charge in [-0.3, -0.25) is 4.79 Å². The molecule has 7 heteroatoms. The minimum absolute atomic E-state index is 0.0727. The van der Waals surface area contributed by atoms with Crippen LogP contribution in [0.2, 0.25) is 5.02 Å². The van der Waals surface area contributed by atoms with E-state index in [4.69, 9.17) is 11.6 Å². The number of hydrogen-bond donors (Lipinski definition) is 1. The fourth-order valence-electron chi connectivity index (χ4n) is 3.45. The van der Waals surface area contributed by atoms with E-state index >= 15 is 0 Å². The van der Waals surface area contributed by atoms with Crippen LogP contribution in [-0.4, -0.2) is 38.8 Å². The molecule has 1 amide bonds. The summed E-state index contributed by atoms with van der Waals surface area (Å²) in [5.41, 5.74) is 1.77. The molecule has 4 rings (SSSR count). The third kappa shape index (κ3) is 2.98. The lowest BCUT2D eigenvalue weighted by Crippen LogP contribution is -2.38. The first-order valence-corrected chi connectivity index (χ1v) is 8.53. The van der Waals surface area contributed by atoms with Crippen molar-refractivity contribution >= 4 is 28.5 Å². The lowest BCUT2D eigenvalue weighted by atomic mass is 9.88. The van der Waals surface area contributed by atoms with Gasteiger partial charge in [-0.15, -0.1) is 0 Å². The summed E-state index contributed by atoms with van der Waals surface area (Å²) in [5.74, 6) is -0.322. The standard InChI is InChI=1S/C18H16ClFN4O/c19-12-1-2-15(22-9-12)18(25)24-7-4-11(5-8-24)16-13-3-6-21-17(13)23-10-14(16)20/h1-3,6,9-11H,4-5,7-8H2,(H,21,23). The van der Waals surface area contributed by atoms with Crippen molar-refractivity contribution in [3.05, 3.63) is 58.9 Å². The maximum absolute atomic E-state index is 14.4. The van der Waals surface area contributed by atoms with E-state index < -0.39 is 0 Å². The molecule has 1 saturated heterocycles. The summed E-state index contributed by atoms with van der Waals surface area (Å²) in [6.07, 6.45) is 5.92. The number of carbonyl (C=O) groups excluding carboxylic acids is 1. The Balaban J connectivity index is 1.51. The van der Waals surface area contributed by atoms with E-state index in [9.17, 15) is 9.18 Å². The Morgan fingerprint density at radius 3 is 2.72 bits per heavy atom. The van der Waals surface area contributed by atoms with Crippen LogP contribution < -0.4 is 0 Å². The summed E-state index contributed by atoms with van der Waals surface area (Å²) in [4.78, 5) is 25.5. The molecule has 0 saturated carbocycles. The molecule has 4 heterocycles. The highest BCUT2D eigenvalue weighted by Crippen LogP contribution is 2.34. The van der Waals surface area contributed by atoms with Crippen LogP contribution in [0.25, 0.3) is 11.0 Å². The summed E-state index contributed by atoms with van der Waals surface area (Å²) >= 11 is 5.81. The fourth-order valence-corrected chi connectivity index (χ4v) is 3.57. The van der Waals surface area contributed by atoms with Crippen LogP contribution in [0.3, 0.4) is 0 Å². The van der Waals surface area contributed by atoms with E-state index in [1.54, 1.807) is 23.2 Å². The Labute approximate surface area is 148 Å². The third-order valence-corrected chi connectivity index (χ3v) is 4.94. The van der Waals surface area contributed by atoms with Crippen LogP contribution >= 0.6 is 11.6 Å². The quantitative estimate of drug-likeness (QED) is 0.758. The van der Waals surface area contributed by atoms with Crippen LogP contribution in [0.15, 0.2) is 36.8 Å². The number of fused-ring (bicyclic) bond motifs is 1. The minimum atomic E-state index is -0.281. The smallest absolute Gasteiger partial charge is 0.272 e. The van der Waals surface area contributed by atoms with Gasteiger partial charge in [0.05, 0.1) is 11.2 Å². The van der Waals surface area contributed by atoms with Crippen LogP contribution in [0.4, 0.5) is 4.39 Å². The molecule has 0 atom stereocenters. The normalized spacial score (nSPS) is 15.7. The number of hydrogen-bond acceptors (Lipinski definition) is 3. The zero-order chi connectivity index (χ0) is 17.4. The summed E-state index contributed by atoms with van der Waals surface area (Å²) in [7, 11) is 0. The molecule has 0 spiro atoms. The lowest BCUT2D eigenvalue weighted by Gasteiger charge is -2.32. The maximum atomic E-state index is 14.4. The molecule has 0 unspecified atom stereocenters. The molecule has 5 nitrogen and oxygen atoms in total. The van der Waals surface area contributed by atoms with Crippen molar-refractivity contribution in [3.8, 4) is 0 Å². The summed E-state index contributed by atoms with van der Waals surface area (Å²) < 4.78 is 14.4. The van der Waals surface area contributed by atoms with Crippen molar-refractivity contribution in [2.24, 2.45) is 0 Å². The molecular formula is C18H16ClFN4O. The first-order valence-electron chi connectivity index (χ1n) is 8.16. The highest BCUT2D eigenvalue weighted by Gasteiger charge is 2.28. The van der Waals surface area contributed by atoms with Crippen LogP contribution in [0.1, 0.15) is 34.8 Å². The van der Waals surface area contributed by atoms with Gasteiger partial charge in [0.1, 0.15) is 17.2 Å². The van der Waals surface area contributed by atoms with E-state index in [0.29, 0.717) is 47.9 Å². The Morgan fingerprint density at radius 1 is 1.20 bits per heavy atom. The predicted octanol–water partition coefficient (Wildman–Crippen LogP) is 3.77. The molecule has 0 radical (unpaired) electrons. The van der Waals surface area contributed by atoms with Gasteiger partial charge in [-0.2, -0.15) is 0 Å². The van der Waals surface area contributed by atoms with Gasteiger partial charge < -0.3 is 9.88 Å². The van der Waals surface area contributed by atoms with Gasteiger partial charge in [-0.1, -0.05) is 11.6 Å². The first kappa shape index (κ1) is 16.0. The van der Waals surface area contributed by atoms with Crippen molar-refractivity contribution < 1.29 is 9.18 Å². The summed E-state index contributed by atoms with van der Waals surface area (Å²) in [5, 5.41) is 1.32. The van der Waals surface area contributed by atoms with Gasteiger partial charge in [0.2, 0.25) is 0 Å².